The van der Waals surface area contributed by atoms with Crippen LogP contribution in [0.4, 0.5) is 13.2 Å². The molecule has 31 heavy (non-hydrogen) atoms. The smallest absolute Gasteiger partial charge is 0.378 e. The molecule has 168 valence electrons. The minimum absolute atomic E-state index is 0.0562. The molecule has 0 saturated carbocycles. The Kier molecular flexibility index (Phi) is 6.57. The molecule has 0 N–H and O–H groups in total. The summed E-state index contributed by atoms with van der Waals surface area (Å²) in [7, 11) is 0. The number of halogens is 3. The van der Waals surface area contributed by atoms with Crippen LogP contribution in [0.1, 0.15) is 35.7 Å². The number of hydrogen-bond donors (Lipinski definition) is 0. The highest BCUT2D eigenvalue weighted by Crippen LogP contribution is 2.30. The SMILES string of the molecule is O=C(C1CCCN(Cc2nc(Cc3cccc(C(F)(F)F)c3)no2)C1)N1CCOCC1. The Hall–Kier alpha value is -2.46. The van der Waals surface area contributed by atoms with Crippen molar-refractivity contribution in [2.75, 3.05) is 39.4 Å². The second-order valence-corrected chi connectivity index (χ2v) is 7.99. The Morgan fingerprint density at radius 1 is 1.19 bits per heavy atom. The largest absolute Gasteiger partial charge is 0.416 e. The van der Waals surface area contributed by atoms with Gasteiger partial charge in [0.15, 0.2) is 5.82 Å². The normalized spacial score (nSPS) is 20.7. The number of benzene rings is 1. The average molecular weight is 438 g/mol. The molecular weight excluding hydrogens is 413 g/mol. The van der Waals surface area contributed by atoms with Crippen molar-refractivity contribution in [2.45, 2.75) is 32.0 Å². The van der Waals surface area contributed by atoms with E-state index in [1.807, 2.05) is 4.90 Å². The maximum Gasteiger partial charge on any atom is 0.416 e. The number of carbonyl (C=O) groups excluding carboxylic acids is 1. The molecule has 2 saturated heterocycles. The highest BCUT2D eigenvalue weighted by molar-refractivity contribution is 5.79. The lowest BCUT2D eigenvalue weighted by atomic mass is 9.96. The molecule has 1 aromatic carbocycles. The van der Waals surface area contributed by atoms with Crippen molar-refractivity contribution in [3.05, 3.63) is 47.1 Å². The second-order valence-electron chi connectivity index (χ2n) is 7.99. The highest BCUT2D eigenvalue weighted by Gasteiger charge is 2.31. The van der Waals surface area contributed by atoms with Gasteiger partial charge in [-0.3, -0.25) is 9.69 Å². The summed E-state index contributed by atoms with van der Waals surface area (Å²) < 4.78 is 49.3. The lowest BCUT2D eigenvalue weighted by molar-refractivity contribution is -0.141. The standard InChI is InChI=1S/C21H25F3N4O3/c22-21(23,24)17-5-1-3-15(11-17)12-18-25-19(31-26-18)14-27-6-2-4-16(13-27)20(29)28-7-9-30-10-8-28/h1,3,5,11,16H,2,4,6-10,12-14H2. The van der Waals surface area contributed by atoms with Crippen molar-refractivity contribution >= 4 is 5.91 Å². The van der Waals surface area contributed by atoms with Crippen molar-refractivity contribution in [1.29, 1.82) is 0 Å². The van der Waals surface area contributed by atoms with Crippen molar-refractivity contribution < 1.29 is 27.2 Å². The van der Waals surface area contributed by atoms with Gasteiger partial charge in [-0.2, -0.15) is 18.2 Å². The molecule has 2 aliphatic rings. The minimum Gasteiger partial charge on any atom is -0.378 e. The van der Waals surface area contributed by atoms with E-state index in [9.17, 15) is 18.0 Å². The van der Waals surface area contributed by atoms with Gasteiger partial charge in [0.05, 0.1) is 31.2 Å². The van der Waals surface area contributed by atoms with Gasteiger partial charge in [0.25, 0.3) is 0 Å². The molecule has 2 aromatic rings. The number of morpholine rings is 1. The summed E-state index contributed by atoms with van der Waals surface area (Å²) in [6.45, 7) is 4.32. The van der Waals surface area contributed by atoms with Crippen molar-refractivity contribution in [3.63, 3.8) is 0 Å². The third kappa shape index (κ3) is 5.62. The number of ether oxygens (including phenoxy) is 1. The first-order valence-electron chi connectivity index (χ1n) is 10.4. The van der Waals surface area contributed by atoms with Crippen LogP contribution in [0.15, 0.2) is 28.8 Å². The predicted molar refractivity (Wildman–Crippen MR) is 104 cm³/mol. The molecule has 3 heterocycles. The molecular formula is C21H25F3N4O3. The maximum absolute atomic E-state index is 12.9. The lowest BCUT2D eigenvalue weighted by Crippen LogP contribution is -2.48. The van der Waals surface area contributed by atoms with Crippen LogP contribution in [0.3, 0.4) is 0 Å². The molecule has 2 fully saturated rings. The van der Waals surface area contributed by atoms with Gasteiger partial charge < -0.3 is 14.2 Å². The van der Waals surface area contributed by atoms with Gasteiger partial charge in [-0.1, -0.05) is 23.4 Å². The molecule has 1 aromatic heterocycles. The Labute approximate surface area is 178 Å². The first-order valence-corrected chi connectivity index (χ1v) is 10.4. The van der Waals surface area contributed by atoms with E-state index in [-0.39, 0.29) is 18.2 Å². The zero-order valence-corrected chi connectivity index (χ0v) is 17.1. The summed E-state index contributed by atoms with van der Waals surface area (Å²) in [4.78, 5) is 21.1. The topological polar surface area (TPSA) is 71.7 Å². The van der Waals surface area contributed by atoms with Crippen molar-refractivity contribution in [1.82, 2.24) is 19.9 Å². The number of likely N-dealkylation sites (tertiary alicyclic amines) is 1. The van der Waals surface area contributed by atoms with E-state index < -0.39 is 11.7 Å². The number of amides is 1. The van der Waals surface area contributed by atoms with Crippen LogP contribution >= 0.6 is 0 Å². The fourth-order valence-electron chi connectivity index (χ4n) is 4.10. The summed E-state index contributed by atoms with van der Waals surface area (Å²) in [5, 5.41) is 3.91. The highest BCUT2D eigenvalue weighted by atomic mass is 19.4. The monoisotopic (exact) mass is 438 g/mol. The van der Waals surface area contributed by atoms with Crippen molar-refractivity contribution in [3.8, 4) is 0 Å². The lowest BCUT2D eigenvalue weighted by Gasteiger charge is -2.35. The fraction of sp³-hybridized carbons (Fsp3) is 0.571. The molecule has 1 amide bonds. The van der Waals surface area contributed by atoms with Gasteiger partial charge in [0, 0.05) is 26.1 Å². The number of hydrogen-bond acceptors (Lipinski definition) is 6. The van der Waals surface area contributed by atoms with Crippen molar-refractivity contribution in [2.24, 2.45) is 5.92 Å². The van der Waals surface area contributed by atoms with Gasteiger partial charge >= 0.3 is 6.18 Å². The predicted octanol–water partition coefficient (Wildman–Crippen LogP) is 2.75. The molecule has 0 bridgehead atoms. The van der Waals surface area contributed by atoms with Crippen LogP contribution in [0.2, 0.25) is 0 Å². The van der Waals surface area contributed by atoms with Gasteiger partial charge in [0.2, 0.25) is 11.8 Å². The molecule has 2 aliphatic heterocycles. The van der Waals surface area contributed by atoms with Gasteiger partial charge in [-0.15, -0.1) is 0 Å². The number of aromatic nitrogens is 2. The summed E-state index contributed by atoms with van der Waals surface area (Å²) in [6, 6.07) is 5.12. The summed E-state index contributed by atoms with van der Waals surface area (Å²) >= 11 is 0. The number of alkyl halides is 3. The van der Waals surface area contributed by atoms with Gasteiger partial charge in [-0.25, -0.2) is 0 Å². The van der Waals surface area contributed by atoms with E-state index in [4.69, 9.17) is 9.26 Å². The molecule has 4 rings (SSSR count). The molecule has 1 atom stereocenters. The van der Waals surface area contributed by atoms with Crippen LogP contribution in [0.25, 0.3) is 0 Å². The third-order valence-corrected chi connectivity index (χ3v) is 5.66. The van der Waals surface area contributed by atoms with E-state index in [1.54, 1.807) is 6.07 Å². The zero-order chi connectivity index (χ0) is 21.8. The number of piperidine rings is 1. The van der Waals surface area contributed by atoms with E-state index >= 15 is 0 Å². The molecule has 10 heteroatoms. The summed E-state index contributed by atoms with van der Waals surface area (Å²) in [5.74, 6) is 0.858. The van der Waals surface area contributed by atoms with E-state index in [2.05, 4.69) is 15.0 Å². The first-order chi connectivity index (χ1) is 14.9. The quantitative estimate of drug-likeness (QED) is 0.715. The summed E-state index contributed by atoms with van der Waals surface area (Å²) in [5.41, 5.74) is -0.227. The number of nitrogens with zero attached hydrogens (tertiary/aromatic N) is 4. The van der Waals surface area contributed by atoms with Crippen LogP contribution in [-0.4, -0.2) is 65.2 Å². The Morgan fingerprint density at radius 2 is 2.00 bits per heavy atom. The molecule has 0 spiro atoms. The Balaban J connectivity index is 1.34. The maximum atomic E-state index is 12.9. The van der Waals surface area contributed by atoms with Gasteiger partial charge in [-0.05, 0) is 31.0 Å². The van der Waals surface area contributed by atoms with Crippen LogP contribution < -0.4 is 0 Å². The second kappa shape index (κ2) is 9.35. The number of rotatable bonds is 5. The van der Waals surface area contributed by atoms with Crippen LogP contribution in [-0.2, 0) is 28.7 Å². The molecule has 0 radical (unpaired) electrons. The van der Waals surface area contributed by atoms with E-state index in [0.717, 1.165) is 31.5 Å². The van der Waals surface area contributed by atoms with Gasteiger partial charge in [0.1, 0.15) is 0 Å². The van der Waals surface area contributed by atoms with Crippen LogP contribution in [0.5, 0.6) is 0 Å². The Bertz CT molecular complexity index is 896. The zero-order valence-electron chi connectivity index (χ0n) is 17.1. The fourth-order valence-corrected chi connectivity index (χ4v) is 4.10. The van der Waals surface area contributed by atoms with Crippen LogP contribution in [0, 0.1) is 5.92 Å². The Morgan fingerprint density at radius 3 is 2.77 bits per heavy atom. The minimum atomic E-state index is -4.39. The number of carbonyl (C=O) groups is 1. The van der Waals surface area contributed by atoms with E-state index in [0.29, 0.717) is 56.7 Å². The third-order valence-electron chi connectivity index (χ3n) is 5.66. The summed E-state index contributed by atoms with van der Waals surface area (Å²) in [6.07, 6.45) is -2.46. The molecule has 0 aliphatic carbocycles. The average Bonchev–Trinajstić information content (AvgIpc) is 3.20. The first kappa shape index (κ1) is 21.8. The molecule has 7 nitrogen and oxygen atoms in total. The molecule has 1 unspecified atom stereocenters. The van der Waals surface area contributed by atoms with E-state index in [1.165, 1.54) is 6.07 Å².